The van der Waals surface area contributed by atoms with E-state index >= 15 is 0 Å². The Labute approximate surface area is 169 Å². The van der Waals surface area contributed by atoms with Gasteiger partial charge in [-0.1, -0.05) is 18.2 Å². The fraction of sp³-hybridized carbons (Fsp3) is 0.455. The van der Waals surface area contributed by atoms with Crippen molar-refractivity contribution in [3.8, 4) is 0 Å². The number of benzene rings is 1. The summed E-state index contributed by atoms with van der Waals surface area (Å²) in [6.45, 7) is 4.17. The van der Waals surface area contributed by atoms with E-state index in [1.165, 1.54) is 4.88 Å². The zero-order valence-electron chi connectivity index (χ0n) is 16.2. The van der Waals surface area contributed by atoms with Crippen LogP contribution in [0, 0.1) is 6.92 Å². The Balaban J connectivity index is 1.42. The predicted molar refractivity (Wildman–Crippen MR) is 111 cm³/mol. The van der Waals surface area contributed by atoms with E-state index in [1.54, 1.807) is 11.3 Å². The summed E-state index contributed by atoms with van der Waals surface area (Å²) < 4.78 is 6.07. The molecule has 0 saturated carbocycles. The Bertz CT molecular complexity index is 850. The van der Waals surface area contributed by atoms with Crippen molar-refractivity contribution in [3.05, 3.63) is 52.2 Å². The first-order valence-corrected chi connectivity index (χ1v) is 10.7. The minimum Gasteiger partial charge on any atom is -0.363 e. The van der Waals surface area contributed by atoms with E-state index in [-0.39, 0.29) is 24.0 Å². The van der Waals surface area contributed by atoms with Crippen molar-refractivity contribution in [2.24, 2.45) is 0 Å². The number of aryl methyl sites for hydroxylation is 1. The van der Waals surface area contributed by atoms with Gasteiger partial charge in [-0.05, 0) is 50.5 Å². The fourth-order valence-electron chi connectivity index (χ4n) is 4.12. The molecule has 28 heavy (non-hydrogen) atoms. The van der Waals surface area contributed by atoms with Gasteiger partial charge in [-0.2, -0.15) is 0 Å². The second-order valence-electron chi connectivity index (χ2n) is 7.71. The highest BCUT2D eigenvalue weighted by molar-refractivity contribution is 7.12. The van der Waals surface area contributed by atoms with E-state index in [2.05, 4.69) is 13.0 Å². The van der Waals surface area contributed by atoms with E-state index in [1.807, 2.05) is 46.2 Å². The van der Waals surface area contributed by atoms with E-state index in [4.69, 9.17) is 4.74 Å². The lowest BCUT2D eigenvalue weighted by atomic mass is 9.92. The van der Waals surface area contributed by atoms with Gasteiger partial charge in [0.25, 0.3) is 5.91 Å². The van der Waals surface area contributed by atoms with E-state index in [9.17, 15) is 9.59 Å². The SMILES string of the molecule is Cc1ccc(CC(=O)N2CCCC3(CC2)CN(c2ccccc2)C(=O)CO3)s1. The maximum atomic E-state index is 12.8. The van der Waals surface area contributed by atoms with E-state index in [0.29, 0.717) is 19.5 Å². The van der Waals surface area contributed by atoms with Crippen LogP contribution in [0.5, 0.6) is 0 Å². The molecule has 1 atom stereocenters. The van der Waals surface area contributed by atoms with Gasteiger partial charge in [0.15, 0.2) is 0 Å². The first kappa shape index (κ1) is 19.2. The molecule has 0 N–H and O–H groups in total. The fourth-order valence-corrected chi connectivity index (χ4v) is 5.00. The monoisotopic (exact) mass is 398 g/mol. The van der Waals surface area contributed by atoms with Crippen LogP contribution in [-0.4, -0.2) is 48.6 Å². The highest BCUT2D eigenvalue weighted by atomic mass is 32.1. The number of ether oxygens (including phenoxy) is 1. The van der Waals surface area contributed by atoms with Crippen LogP contribution in [0.2, 0.25) is 0 Å². The van der Waals surface area contributed by atoms with Crippen molar-refractivity contribution in [2.75, 3.05) is 31.1 Å². The van der Waals surface area contributed by atoms with Crippen molar-refractivity contribution in [1.29, 1.82) is 0 Å². The van der Waals surface area contributed by atoms with Gasteiger partial charge < -0.3 is 14.5 Å². The minimum absolute atomic E-state index is 0.00192. The molecule has 2 amide bonds. The summed E-state index contributed by atoms with van der Waals surface area (Å²) in [4.78, 5) is 31.4. The molecule has 1 aromatic heterocycles. The molecule has 5 nitrogen and oxygen atoms in total. The first-order chi connectivity index (χ1) is 13.5. The molecule has 148 valence electrons. The number of amides is 2. The number of rotatable bonds is 3. The topological polar surface area (TPSA) is 49.9 Å². The van der Waals surface area contributed by atoms with Crippen molar-refractivity contribution in [3.63, 3.8) is 0 Å². The van der Waals surface area contributed by atoms with E-state index in [0.717, 1.165) is 36.4 Å². The Hall–Kier alpha value is -2.18. The first-order valence-electron chi connectivity index (χ1n) is 9.87. The third kappa shape index (κ3) is 4.13. The van der Waals surface area contributed by atoms with Crippen LogP contribution in [0.4, 0.5) is 5.69 Å². The van der Waals surface area contributed by atoms with Gasteiger partial charge in [-0.25, -0.2) is 0 Å². The van der Waals surface area contributed by atoms with Gasteiger partial charge in [0.05, 0.1) is 18.6 Å². The molecule has 3 heterocycles. The molecule has 0 bridgehead atoms. The second-order valence-corrected chi connectivity index (χ2v) is 9.08. The molecule has 2 fully saturated rings. The lowest BCUT2D eigenvalue weighted by molar-refractivity contribution is -0.141. The zero-order valence-corrected chi connectivity index (χ0v) is 17.0. The number of para-hydroxylation sites is 1. The summed E-state index contributed by atoms with van der Waals surface area (Å²) in [7, 11) is 0. The zero-order chi connectivity index (χ0) is 19.6. The van der Waals surface area contributed by atoms with Crippen molar-refractivity contribution in [1.82, 2.24) is 4.90 Å². The molecule has 4 rings (SSSR count). The van der Waals surface area contributed by atoms with Gasteiger partial charge in [0.1, 0.15) is 6.61 Å². The minimum atomic E-state index is -0.363. The van der Waals surface area contributed by atoms with E-state index < -0.39 is 0 Å². The van der Waals surface area contributed by atoms with Crippen LogP contribution in [0.15, 0.2) is 42.5 Å². The number of likely N-dealkylation sites (tertiary alicyclic amines) is 1. The lowest BCUT2D eigenvalue weighted by Crippen LogP contribution is -2.55. The molecular weight excluding hydrogens is 372 g/mol. The van der Waals surface area contributed by atoms with Crippen LogP contribution >= 0.6 is 11.3 Å². The molecule has 1 spiro atoms. The van der Waals surface area contributed by atoms with Gasteiger partial charge >= 0.3 is 0 Å². The Morgan fingerprint density at radius 1 is 1.14 bits per heavy atom. The molecule has 1 unspecified atom stereocenters. The highest BCUT2D eigenvalue weighted by Gasteiger charge is 2.41. The number of anilines is 1. The molecule has 6 heteroatoms. The van der Waals surface area contributed by atoms with Crippen LogP contribution in [0.25, 0.3) is 0 Å². The molecule has 1 aromatic carbocycles. The number of hydrogen-bond donors (Lipinski definition) is 0. The van der Waals surface area contributed by atoms with Crippen molar-refractivity contribution < 1.29 is 14.3 Å². The van der Waals surface area contributed by atoms with Crippen LogP contribution in [0.3, 0.4) is 0 Å². The van der Waals surface area contributed by atoms with Crippen LogP contribution < -0.4 is 4.90 Å². The molecule has 2 saturated heterocycles. The summed E-state index contributed by atoms with van der Waals surface area (Å²) in [5, 5.41) is 0. The van der Waals surface area contributed by atoms with Gasteiger partial charge in [0, 0.05) is 28.5 Å². The lowest BCUT2D eigenvalue weighted by Gasteiger charge is -2.42. The van der Waals surface area contributed by atoms with Crippen LogP contribution in [-0.2, 0) is 20.7 Å². The average Bonchev–Trinajstić information content (AvgIpc) is 2.99. The van der Waals surface area contributed by atoms with Crippen LogP contribution in [0.1, 0.15) is 29.0 Å². The van der Waals surface area contributed by atoms with Crippen molar-refractivity contribution >= 4 is 28.8 Å². The molecule has 2 aliphatic rings. The van der Waals surface area contributed by atoms with Gasteiger partial charge in [-0.15, -0.1) is 11.3 Å². The standard InChI is InChI=1S/C22H26N2O3S/c1-17-8-9-19(28-17)14-20(25)23-12-5-10-22(11-13-23)16-24(21(26)15-27-22)18-6-3-2-4-7-18/h2-4,6-9H,5,10-16H2,1H3. The summed E-state index contributed by atoms with van der Waals surface area (Å²) in [6.07, 6.45) is 3.00. The summed E-state index contributed by atoms with van der Waals surface area (Å²) in [5.74, 6) is 0.188. The summed E-state index contributed by atoms with van der Waals surface area (Å²) in [5.41, 5.74) is 0.554. The second kappa shape index (κ2) is 8.05. The summed E-state index contributed by atoms with van der Waals surface area (Å²) >= 11 is 1.69. The maximum Gasteiger partial charge on any atom is 0.253 e. The Morgan fingerprint density at radius 2 is 1.96 bits per heavy atom. The largest absolute Gasteiger partial charge is 0.363 e. The summed E-state index contributed by atoms with van der Waals surface area (Å²) in [6, 6.07) is 13.9. The molecule has 2 aromatic rings. The third-order valence-electron chi connectivity index (χ3n) is 5.69. The predicted octanol–water partition coefficient (Wildman–Crippen LogP) is 3.41. The number of thiophene rings is 1. The number of morpholine rings is 1. The molecule has 0 radical (unpaired) electrons. The van der Waals surface area contributed by atoms with Gasteiger partial charge in [-0.3, -0.25) is 9.59 Å². The number of carbonyl (C=O) groups excluding carboxylic acids is 2. The van der Waals surface area contributed by atoms with Crippen molar-refractivity contribution in [2.45, 2.75) is 38.2 Å². The molecule has 0 aliphatic carbocycles. The number of hydrogen-bond acceptors (Lipinski definition) is 4. The number of carbonyl (C=O) groups is 2. The normalized spacial score (nSPS) is 23.1. The molecular formula is C22H26N2O3S. The van der Waals surface area contributed by atoms with Gasteiger partial charge in [0.2, 0.25) is 5.91 Å². The molecule has 2 aliphatic heterocycles. The average molecular weight is 399 g/mol. The Kier molecular flexibility index (Phi) is 5.51. The maximum absolute atomic E-state index is 12.8. The highest BCUT2D eigenvalue weighted by Crippen LogP contribution is 2.33. The number of nitrogens with zero attached hydrogens (tertiary/aromatic N) is 2. The third-order valence-corrected chi connectivity index (χ3v) is 6.69. The Morgan fingerprint density at radius 3 is 2.71 bits per heavy atom. The quantitative estimate of drug-likeness (QED) is 0.796. The smallest absolute Gasteiger partial charge is 0.253 e.